The van der Waals surface area contributed by atoms with E-state index in [4.69, 9.17) is 9.97 Å². The first-order chi connectivity index (χ1) is 13.3. The molecule has 0 aliphatic rings. The summed E-state index contributed by atoms with van der Waals surface area (Å²) < 4.78 is 0. The molecule has 0 saturated carbocycles. The van der Waals surface area contributed by atoms with Crippen molar-refractivity contribution >= 4 is 11.0 Å². The number of nitrogens with zero attached hydrogens (tertiary/aromatic N) is 2. The lowest BCUT2D eigenvalue weighted by Crippen LogP contribution is -1.96. The summed E-state index contributed by atoms with van der Waals surface area (Å²) in [7, 11) is 0. The maximum atomic E-state index is 4.95. The van der Waals surface area contributed by atoms with Gasteiger partial charge in [0, 0.05) is 16.5 Å². The van der Waals surface area contributed by atoms with Crippen LogP contribution in [0.4, 0.5) is 0 Å². The summed E-state index contributed by atoms with van der Waals surface area (Å²) in [6.45, 7) is 12.9. The van der Waals surface area contributed by atoms with E-state index in [0.717, 1.165) is 22.4 Å². The van der Waals surface area contributed by atoms with Gasteiger partial charge in [-0.3, -0.25) is 0 Å². The van der Waals surface area contributed by atoms with E-state index in [1.807, 2.05) is 0 Å². The summed E-state index contributed by atoms with van der Waals surface area (Å²) >= 11 is 0. The van der Waals surface area contributed by atoms with E-state index in [9.17, 15) is 0 Å². The molecule has 28 heavy (non-hydrogen) atoms. The summed E-state index contributed by atoms with van der Waals surface area (Å²) in [5.41, 5.74) is 12.8. The number of pyridine rings is 2. The Kier molecular flexibility index (Phi) is 4.50. The molecular weight excluding hydrogens is 340 g/mol. The van der Waals surface area contributed by atoms with Gasteiger partial charge < -0.3 is 0 Å². The van der Waals surface area contributed by atoms with Crippen LogP contribution in [0.5, 0.6) is 0 Å². The molecular formula is C26H26N2. The molecule has 0 unspecified atom stereocenters. The highest BCUT2D eigenvalue weighted by molar-refractivity contribution is 5.83. The number of hydrogen-bond donors (Lipinski definition) is 0. The first kappa shape index (κ1) is 18.4. The van der Waals surface area contributed by atoms with Crippen LogP contribution in [0.3, 0.4) is 0 Å². The first-order valence-electron chi connectivity index (χ1n) is 9.78. The molecule has 2 heteroatoms. The van der Waals surface area contributed by atoms with Crippen molar-refractivity contribution in [2.75, 3.05) is 0 Å². The maximum Gasteiger partial charge on any atom is 0.160 e. The van der Waals surface area contributed by atoms with Gasteiger partial charge in [0.2, 0.25) is 0 Å². The molecule has 0 spiro atoms. The molecule has 2 aromatic carbocycles. The van der Waals surface area contributed by atoms with E-state index < -0.39 is 0 Å². The summed E-state index contributed by atoms with van der Waals surface area (Å²) in [5, 5.41) is 1.07. The highest BCUT2D eigenvalue weighted by Gasteiger charge is 2.12. The zero-order chi connectivity index (χ0) is 20.0. The summed E-state index contributed by atoms with van der Waals surface area (Å²) in [5.74, 6) is 0. The molecule has 0 saturated heterocycles. The molecule has 2 heterocycles. The molecule has 2 aromatic heterocycles. The van der Waals surface area contributed by atoms with E-state index in [0.29, 0.717) is 0 Å². The number of benzene rings is 2. The van der Waals surface area contributed by atoms with E-state index >= 15 is 0 Å². The molecule has 0 atom stereocenters. The van der Waals surface area contributed by atoms with Crippen LogP contribution in [0.2, 0.25) is 0 Å². The lowest BCUT2D eigenvalue weighted by atomic mass is 9.96. The van der Waals surface area contributed by atoms with Crippen molar-refractivity contribution in [2.24, 2.45) is 0 Å². The number of hydrogen-bond acceptors (Lipinski definition) is 2. The second-order valence-electron chi connectivity index (χ2n) is 7.99. The second kappa shape index (κ2) is 6.87. The van der Waals surface area contributed by atoms with Crippen molar-refractivity contribution in [3.05, 3.63) is 81.9 Å². The zero-order valence-electron chi connectivity index (χ0n) is 17.5. The van der Waals surface area contributed by atoms with Gasteiger partial charge in [0.15, 0.2) is 5.65 Å². The Morgan fingerprint density at radius 2 is 0.857 bits per heavy atom. The smallest absolute Gasteiger partial charge is 0.160 e. The average Bonchev–Trinajstić information content (AvgIpc) is 2.59. The minimum Gasteiger partial charge on any atom is -0.228 e. The fraction of sp³-hybridized carbons (Fsp3) is 0.231. The SMILES string of the molecule is Cc1cc(C)c(-c2ccc3ccc(-c4c(C)cc(C)cc4C)nc3n2)c(C)c1. The van der Waals surface area contributed by atoms with Crippen LogP contribution in [0.15, 0.2) is 48.5 Å². The molecule has 4 rings (SSSR count). The monoisotopic (exact) mass is 366 g/mol. The predicted molar refractivity (Wildman–Crippen MR) is 119 cm³/mol. The topological polar surface area (TPSA) is 25.8 Å². The van der Waals surface area contributed by atoms with Gasteiger partial charge in [-0.05, 0) is 88.1 Å². The third-order valence-corrected chi connectivity index (χ3v) is 5.42. The summed E-state index contributed by atoms with van der Waals surface area (Å²) in [6, 6.07) is 17.3. The van der Waals surface area contributed by atoms with Gasteiger partial charge >= 0.3 is 0 Å². The van der Waals surface area contributed by atoms with Gasteiger partial charge in [-0.2, -0.15) is 0 Å². The Bertz CT molecular complexity index is 1080. The number of aryl methyl sites for hydroxylation is 6. The van der Waals surface area contributed by atoms with Crippen LogP contribution >= 0.6 is 0 Å². The van der Waals surface area contributed by atoms with Gasteiger partial charge in [-0.1, -0.05) is 35.4 Å². The van der Waals surface area contributed by atoms with Gasteiger partial charge in [-0.15, -0.1) is 0 Å². The van der Waals surface area contributed by atoms with Gasteiger partial charge in [0.05, 0.1) is 11.4 Å². The molecule has 0 bridgehead atoms. The van der Waals surface area contributed by atoms with Gasteiger partial charge in [0.25, 0.3) is 0 Å². The number of aromatic nitrogens is 2. The molecule has 0 radical (unpaired) electrons. The van der Waals surface area contributed by atoms with Crippen molar-refractivity contribution in [3.63, 3.8) is 0 Å². The van der Waals surface area contributed by atoms with Crippen molar-refractivity contribution in [1.82, 2.24) is 9.97 Å². The quantitative estimate of drug-likeness (QED) is 0.389. The van der Waals surface area contributed by atoms with Crippen LogP contribution in [-0.4, -0.2) is 9.97 Å². The average molecular weight is 367 g/mol. The molecule has 2 nitrogen and oxygen atoms in total. The lowest BCUT2D eigenvalue weighted by Gasteiger charge is -2.13. The molecule has 4 aromatic rings. The molecule has 0 fully saturated rings. The maximum absolute atomic E-state index is 4.95. The number of fused-ring (bicyclic) bond motifs is 1. The van der Waals surface area contributed by atoms with Crippen molar-refractivity contribution in [3.8, 4) is 22.5 Å². The zero-order valence-corrected chi connectivity index (χ0v) is 17.5. The van der Waals surface area contributed by atoms with Crippen LogP contribution < -0.4 is 0 Å². The molecule has 0 N–H and O–H groups in total. The first-order valence-corrected chi connectivity index (χ1v) is 9.78. The lowest BCUT2D eigenvalue weighted by molar-refractivity contribution is 1.24. The highest BCUT2D eigenvalue weighted by atomic mass is 14.9. The Labute approximate surface area is 167 Å². The minimum atomic E-state index is 0.800. The standard InChI is InChI=1S/C26H26N2/c1-15-11-17(3)24(18(4)12-15)22-9-7-21-8-10-23(28-26(21)27-22)25-19(5)13-16(2)14-20(25)6/h7-14H,1-6H3. The van der Waals surface area contributed by atoms with E-state index in [-0.39, 0.29) is 0 Å². The van der Waals surface area contributed by atoms with Crippen molar-refractivity contribution in [1.29, 1.82) is 0 Å². The predicted octanol–water partition coefficient (Wildman–Crippen LogP) is 6.81. The van der Waals surface area contributed by atoms with Crippen molar-refractivity contribution in [2.45, 2.75) is 41.5 Å². The van der Waals surface area contributed by atoms with E-state index in [2.05, 4.69) is 90.1 Å². The molecule has 0 aliphatic carbocycles. The van der Waals surface area contributed by atoms with Crippen LogP contribution in [0.1, 0.15) is 33.4 Å². The Hall–Kier alpha value is -3.00. The van der Waals surface area contributed by atoms with E-state index in [1.54, 1.807) is 0 Å². The van der Waals surface area contributed by atoms with Crippen LogP contribution in [0.25, 0.3) is 33.5 Å². The third-order valence-electron chi connectivity index (χ3n) is 5.42. The minimum absolute atomic E-state index is 0.800. The Balaban J connectivity index is 1.90. The van der Waals surface area contributed by atoms with Crippen LogP contribution in [0, 0.1) is 41.5 Å². The largest absolute Gasteiger partial charge is 0.228 e. The fourth-order valence-corrected chi connectivity index (χ4v) is 4.45. The Morgan fingerprint density at radius 1 is 0.500 bits per heavy atom. The summed E-state index contributed by atoms with van der Waals surface area (Å²) in [4.78, 5) is 9.90. The highest BCUT2D eigenvalue weighted by Crippen LogP contribution is 2.31. The van der Waals surface area contributed by atoms with Gasteiger partial charge in [0.1, 0.15) is 0 Å². The van der Waals surface area contributed by atoms with Crippen molar-refractivity contribution < 1.29 is 0 Å². The Morgan fingerprint density at radius 3 is 1.21 bits per heavy atom. The fourth-order valence-electron chi connectivity index (χ4n) is 4.45. The third kappa shape index (κ3) is 3.20. The van der Waals surface area contributed by atoms with Crippen LogP contribution in [-0.2, 0) is 0 Å². The van der Waals surface area contributed by atoms with E-state index in [1.165, 1.54) is 44.5 Å². The van der Waals surface area contributed by atoms with Gasteiger partial charge in [-0.25, -0.2) is 9.97 Å². The molecule has 0 amide bonds. The summed E-state index contributed by atoms with van der Waals surface area (Å²) in [6.07, 6.45) is 0. The molecule has 140 valence electrons. The molecule has 0 aliphatic heterocycles. The number of rotatable bonds is 2. The second-order valence-corrected chi connectivity index (χ2v) is 7.99. The normalized spacial score (nSPS) is 11.2.